The molecule has 4 aromatic rings. The Balaban J connectivity index is 1.73. The minimum Gasteiger partial charge on any atom is -0.439 e. The van der Waals surface area contributed by atoms with Gasteiger partial charge in [0.15, 0.2) is 0 Å². The SMILES string of the molecule is Fc1ccc(Oc2cc3c(cn2)ncn3-c2ccccc2)cc1. The topological polar surface area (TPSA) is 39.9 Å². The predicted molar refractivity (Wildman–Crippen MR) is 85.3 cm³/mol. The second-order valence-corrected chi connectivity index (χ2v) is 5.02. The molecule has 0 N–H and O–H groups in total. The fourth-order valence-corrected chi connectivity index (χ4v) is 2.37. The summed E-state index contributed by atoms with van der Waals surface area (Å²) in [6, 6.07) is 17.6. The summed E-state index contributed by atoms with van der Waals surface area (Å²) >= 11 is 0. The van der Waals surface area contributed by atoms with Crippen molar-refractivity contribution in [3.63, 3.8) is 0 Å². The molecule has 2 aromatic carbocycles. The molecular formula is C18H12FN3O. The number of rotatable bonds is 3. The molecular weight excluding hydrogens is 293 g/mol. The van der Waals surface area contributed by atoms with Crippen LogP contribution in [0, 0.1) is 5.82 Å². The van der Waals surface area contributed by atoms with E-state index in [1.807, 2.05) is 41.0 Å². The molecule has 4 rings (SSSR count). The molecule has 0 amide bonds. The highest BCUT2D eigenvalue weighted by molar-refractivity contribution is 5.77. The number of para-hydroxylation sites is 1. The van der Waals surface area contributed by atoms with Gasteiger partial charge in [-0.25, -0.2) is 14.4 Å². The Labute approximate surface area is 131 Å². The fraction of sp³-hybridized carbons (Fsp3) is 0. The highest BCUT2D eigenvalue weighted by Crippen LogP contribution is 2.24. The van der Waals surface area contributed by atoms with E-state index in [4.69, 9.17) is 4.74 Å². The predicted octanol–water partition coefficient (Wildman–Crippen LogP) is 4.35. The summed E-state index contributed by atoms with van der Waals surface area (Å²) in [5.41, 5.74) is 2.68. The van der Waals surface area contributed by atoms with E-state index < -0.39 is 0 Å². The van der Waals surface area contributed by atoms with Crippen molar-refractivity contribution in [2.75, 3.05) is 0 Å². The van der Waals surface area contributed by atoms with E-state index >= 15 is 0 Å². The van der Waals surface area contributed by atoms with Crippen LogP contribution in [0.15, 0.2) is 73.2 Å². The zero-order valence-corrected chi connectivity index (χ0v) is 12.1. The molecule has 0 saturated carbocycles. The molecule has 2 heterocycles. The first-order valence-corrected chi connectivity index (χ1v) is 7.11. The standard InChI is InChI=1S/C18H12FN3O/c19-13-6-8-15(9-7-13)23-18-10-17-16(11-20-18)21-12-22(17)14-4-2-1-3-5-14/h1-12H. The molecule has 0 unspecified atom stereocenters. The summed E-state index contributed by atoms with van der Waals surface area (Å²) in [5, 5.41) is 0. The Morgan fingerprint density at radius 1 is 0.913 bits per heavy atom. The van der Waals surface area contributed by atoms with Crippen molar-refractivity contribution in [2.45, 2.75) is 0 Å². The van der Waals surface area contributed by atoms with E-state index in [9.17, 15) is 4.39 Å². The second kappa shape index (κ2) is 5.53. The Hall–Kier alpha value is -3.21. The quantitative estimate of drug-likeness (QED) is 0.565. The molecule has 23 heavy (non-hydrogen) atoms. The molecule has 0 atom stereocenters. The van der Waals surface area contributed by atoms with Gasteiger partial charge in [0, 0.05) is 11.8 Å². The van der Waals surface area contributed by atoms with Gasteiger partial charge in [0.05, 0.1) is 11.7 Å². The van der Waals surface area contributed by atoms with Crippen LogP contribution >= 0.6 is 0 Å². The Kier molecular flexibility index (Phi) is 3.24. The molecule has 112 valence electrons. The van der Waals surface area contributed by atoms with Gasteiger partial charge in [-0.3, -0.25) is 4.57 Å². The number of ether oxygens (including phenoxy) is 1. The summed E-state index contributed by atoms with van der Waals surface area (Å²) < 4.78 is 20.6. The minimum absolute atomic E-state index is 0.303. The first-order chi connectivity index (χ1) is 11.3. The molecule has 0 aliphatic heterocycles. The van der Waals surface area contributed by atoms with E-state index in [-0.39, 0.29) is 5.82 Å². The van der Waals surface area contributed by atoms with E-state index in [1.54, 1.807) is 24.7 Å². The highest BCUT2D eigenvalue weighted by Gasteiger charge is 2.08. The summed E-state index contributed by atoms with van der Waals surface area (Å²) in [5.74, 6) is 0.661. The van der Waals surface area contributed by atoms with Crippen molar-refractivity contribution in [3.05, 3.63) is 79.0 Å². The van der Waals surface area contributed by atoms with Gasteiger partial charge < -0.3 is 4.74 Å². The van der Waals surface area contributed by atoms with Crippen LogP contribution in [0.5, 0.6) is 11.6 Å². The molecule has 0 fully saturated rings. The third kappa shape index (κ3) is 2.64. The van der Waals surface area contributed by atoms with Crippen molar-refractivity contribution in [2.24, 2.45) is 0 Å². The van der Waals surface area contributed by atoms with Gasteiger partial charge in [-0.1, -0.05) is 18.2 Å². The third-order valence-electron chi connectivity index (χ3n) is 3.48. The molecule has 2 aromatic heterocycles. The third-order valence-corrected chi connectivity index (χ3v) is 3.48. The number of hydrogen-bond donors (Lipinski definition) is 0. The van der Waals surface area contributed by atoms with Gasteiger partial charge in [0.1, 0.15) is 23.4 Å². The van der Waals surface area contributed by atoms with E-state index in [2.05, 4.69) is 9.97 Å². The first-order valence-electron chi connectivity index (χ1n) is 7.11. The van der Waals surface area contributed by atoms with Crippen LogP contribution in [0.4, 0.5) is 4.39 Å². The number of imidazole rings is 1. The van der Waals surface area contributed by atoms with Gasteiger partial charge in [0.25, 0.3) is 0 Å². The fourth-order valence-electron chi connectivity index (χ4n) is 2.37. The van der Waals surface area contributed by atoms with Gasteiger partial charge in [-0.2, -0.15) is 0 Å². The van der Waals surface area contributed by atoms with Crippen LogP contribution < -0.4 is 4.74 Å². The molecule has 0 saturated heterocycles. The molecule has 0 radical (unpaired) electrons. The maximum absolute atomic E-state index is 12.9. The molecule has 5 heteroatoms. The van der Waals surface area contributed by atoms with Crippen molar-refractivity contribution in [1.82, 2.24) is 14.5 Å². The lowest BCUT2D eigenvalue weighted by Gasteiger charge is -2.06. The summed E-state index contributed by atoms with van der Waals surface area (Å²) in [4.78, 5) is 8.59. The van der Waals surface area contributed by atoms with Crippen LogP contribution in [0.25, 0.3) is 16.7 Å². The lowest BCUT2D eigenvalue weighted by atomic mass is 10.3. The molecule has 0 spiro atoms. The maximum Gasteiger partial charge on any atom is 0.221 e. The van der Waals surface area contributed by atoms with Crippen LogP contribution in [-0.4, -0.2) is 14.5 Å². The van der Waals surface area contributed by atoms with Gasteiger partial charge in [0.2, 0.25) is 5.88 Å². The van der Waals surface area contributed by atoms with E-state index in [0.29, 0.717) is 11.6 Å². The summed E-state index contributed by atoms with van der Waals surface area (Å²) in [6.07, 6.45) is 3.41. The van der Waals surface area contributed by atoms with Gasteiger partial charge in [-0.15, -0.1) is 0 Å². The van der Waals surface area contributed by atoms with Gasteiger partial charge >= 0.3 is 0 Å². The lowest BCUT2D eigenvalue weighted by molar-refractivity contribution is 0.462. The normalized spacial score (nSPS) is 10.8. The smallest absolute Gasteiger partial charge is 0.221 e. The Morgan fingerprint density at radius 3 is 2.48 bits per heavy atom. The van der Waals surface area contributed by atoms with Crippen LogP contribution in [0.3, 0.4) is 0 Å². The molecule has 0 aliphatic rings. The van der Waals surface area contributed by atoms with Crippen LogP contribution in [0.1, 0.15) is 0 Å². The maximum atomic E-state index is 12.9. The first kappa shape index (κ1) is 13.5. The van der Waals surface area contributed by atoms with Crippen molar-refractivity contribution in [3.8, 4) is 17.3 Å². The average molecular weight is 305 g/mol. The number of nitrogens with zero attached hydrogens (tertiary/aromatic N) is 3. The molecule has 0 aliphatic carbocycles. The number of halogens is 1. The van der Waals surface area contributed by atoms with Crippen LogP contribution in [0.2, 0.25) is 0 Å². The second-order valence-electron chi connectivity index (χ2n) is 5.02. The largest absolute Gasteiger partial charge is 0.439 e. The number of fused-ring (bicyclic) bond motifs is 1. The Bertz CT molecular complexity index is 949. The van der Waals surface area contributed by atoms with Crippen LogP contribution in [-0.2, 0) is 0 Å². The average Bonchev–Trinajstić information content (AvgIpc) is 3.01. The number of aromatic nitrogens is 3. The summed E-state index contributed by atoms with van der Waals surface area (Å²) in [6.45, 7) is 0. The molecule has 0 bridgehead atoms. The number of benzene rings is 2. The minimum atomic E-state index is -0.303. The van der Waals surface area contributed by atoms with Crippen molar-refractivity contribution in [1.29, 1.82) is 0 Å². The number of pyridine rings is 1. The monoisotopic (exact) mass is 305 g/mol. The van der Waals surface area contributed by atoms with Crippen molar-refractivity contribution < 1.29 is 9.13 Å². The highest BCUT2D eigenvalue weighted by atomic mass is 19.1. The van der Waals surface area contributed by atoms with E-state index in [0.717, 1.165) is 16.7 Å². The zero-order valence-electron chi connectivity index (χ0n) is 12.1. The lowest BCUT2D eigenvalue weighted by Crippen LogP contribution is -1.93. The Morgan fingerprint density at radius 2 is 1.70 bits per heavy atom. The van der Waals surface area contributed by atoms with Crippen molar-refractivity contribution >= 4 is 11.0 Å². The van der Waals surface area contributed by atoms with E-state index in [1.165, 1.54) is 12.1 Å². The zero-order chi connectivity index (χ0) is 15.6. The van der Waals surface area contributed by atoms with Gasteiger partial charge in [-0.05, 0) is 36.4 Å². The molecule has 4 nitrogen and oxygen atoms in total. The number of hydrogen-bond acceptors (Lipinski definition) is 3. The summed E-state index contributed by atoms with van der Waals surface area (Å²) in [7, 11) is 0.